The van der Waals surface area contributed by atoms with Crippen LogP contribution < -0.4 is 29.7 Å². The second kappa shape index (κ2) is 14.2. The molecule has 0 bridgehead atoms. The highest BCUT2D eigenvalue weighted by atomic mass is 127. The fourth-order valence-corrected chi connectivity index (χ4v) is 8.35. The number of anilines is 1. The molecule has 1 aliphatic rings. The van der Waals surface area contributed by atoms with E-state index >= 15 is 0 Å². The molecule has 8 nitrogen and oxygen atoms in total. The number of nitrogens with zero attached hydrogens (tertiary/aromatic N) is 3. The Morgan fingerprint density at radius 3 is 2.55 bits per heavy atom. The minimum atomic E-state index is -0.740. The van der Waals surface area contributed by atoms with E-state index in [1.165, 1.54) is 11.3 Å². The van der Waals surface area contributed by atoms with Crippen molar-refractivity contribution in [3.8, 4) is 17.6 Å². The zero-order valence-corrected chi connectivity index (χ0v) is 30.3. The van der Waals surface area contributed by atoms with Crippen LogP contribution in [0.3, 0.4) is 0 Å². The Morgan fingerprint density at radius 2 is 1.83 bits per heavy atom. The highest BCUT2D eigenvalue weighted by Crippen LogP contribution is 2.33. The SMILES string of the molecule is COc1cccc([C@@H]2C(C(=O)Nc3ccccc3)=C(C)N=c3s/c(=C\c4cc(I)cc(I)c4OCc4ccc(C#N)cc4)c(=O)n32)c1. The number of nitrogens with one attached hydrogen (secondary N) is 1. The standard InChI is InChI=1S/C36H26I2N4O4S/c1-21-31(34(43)41-27-8-4-3-5-9-27)32(24-7-6-10-28(16-24)45-2)42-35(44)30(47-36(42)40-21)17-25-15-26(37)18-29(38)33(25)46-20-23-13-11-22(19-39)12-14-23/h3-18,32H,20H2,1-2H3,(H,41,43)/b30-17-/t32-/m1/s1. The molecule has 0 aliphatic carbocycles. The van der Waals surface area contributed by atoms with Crippen molar-refractivity contribution in [2.24, 2.45) is 4.99 Å². The van der Waals surface area contributed by atoms with Gasteiger partial charge in [-0.05, 0) is 118 Å². The first-order chi connectivity index (χ1) is 22.7. The molecule has 47 heavy (non-hydrogen) atoms. The smallest absolute Gasteiger partial charge is 0.271 e. The van der Waals surface area contributed by atoms with Crippen molar-refractivity contribution in [2.75, 3.05) is 12.4 Å². The highest BCUT2D eigenvalue weighted by molar-refractivity contribution is 14.1. The summed E-state index contributed by atoms with van der Waals surface area (Å²) < 4.78 is 15.7. The quantitative estimate of drug-likeness (QED) is 0.179. The van der Waals surface area contributed by atoms with E-state index in [9.17, 15) is 9.59 Å². The fourth-order valence-electron chi connectivity index (χ4n) is 5.27. The summed E-state index contributed by atoms with van der Waals surface area (Å²) in [5.41, 5.74) is 4.23. The van der Waals surface area contributed by atoms with Crippen molar-refractivity contribution in [1.29, 1.82) is 5.26 Å². The molecule has 234 valence electrons. The third kappa shape index (κ3) is 7.04. The van der Waals surface area contributed by atoms with Crippen LogP contribution in [0.4, 0.5) is 5.69 Å². The second-order valence-electron chi connectivity index (χ2n) is 10.6. The van der Waals surface area contributed by atoms with Crippen molar-refractivity contribution in [3.63, 3.8) is 0 Å². The molecule has 1 aromatic heterocycles. The van der Waals surface area contributed by atoms with Gasteiger partial charge in [0.05, 0.1) is 44.2 Å². The van der Waals surface area contributed by atoms with Crippen LogP contribution in [0.25, 0.3) is 6.08 Å². The van der Waals surface area contributed by atoms with Crippen LogP contribution in [0.2, 0.25) is 0 Å². The summed E-state index contributed by atoms with van der Waals surface area (Å²) in [5, 5.41) is 12.1. The summed E-state index contributed by atoms with van der Waals surface area (Å²) in [5.74, 6) is 0.912. The van der Waals surface area contributed by atoms with Crippen molar-refractivity contribution < 1.29 is 14.3 Å². The Morgan fingerprint density at radius 1 is 1.06 bits per heavy atom. The molecule has 1 aliphatic heterocycles. The normalized spacial score (nSPS) is 14.2. The van der Waals surface area contributed by atoms with Crippen molar-refractivity contribution >= 4 is 74.2 Å². The Kier molecular flexibility index (Phi) is 9.90. The van der Waals surface area contributed by atoms with Gasteiger partial charge in [-0.1, -0.05) is 53.8 Å². The van der Waals surface area contributed by atoms with Gasteiger partial charge < -0.3 is 14.8 Å². The summed E-state index contributed by atoms with van der Waals surface area (Å²) in [6.07, 6.45) is 1.83. The molecule has 4 aromatic carbocycles. The van der Waals surface area contributed by atoms with Gasteiger partial charge in [-0.25, -0.2) is 4.99 Å². The molecule has 11 heteroatoms. The lowest BCUT2D eigenvalue weighted by Crippen LogP contribution is -2.40. The number of benzene rings is 4. The number of hydrogen-bond acceptors (Lipinski definition) is 7. The molecular formula is C36H26I2N4O4S. The zero-order valence-electron chi connectivity index (χ0n) is 25.2. The van der Waals surface area contributed by atoms with E-state index in [0.717, 1.165) is 23.8 Å². The lowest BCUT2D eigenvalue weighted by Gasteiger charge is -2.25. The van der Waals surface area contributed by atoms with E-state index in [2.05, 4.69) is 56.6 Å². The molecule has 1 atom stereocenters. The number of thiazole rings is 1. The predicted molar refractivity (Wildman–Crippen MR) is 199 cm³/mol. The number of aromatic nitrogens is 1. The van der Waals surface area contributed by atoms with E-state index < -0.39 is 6.04 Å². The first kappa shape index (κ1) is 32.7. The van der Waals surface area contributed by atoms with Crippen LogP contribution in [-0.2, 0) is 11.4 Å². The lowest BCUT2D eigenvalue weighted by atomic mass is 9.95. The predicted octanol–water partition coefficient (Wildman–Crippen LogP) is 6.54. The summed E-state index contributed by atoms with van der Waals surface area (Å²) in [6, 6.07) is 29.2. The largest absolute Gasteiger partial charge is 0.497 e. The van der Waals surface area contributed by atoms with E-state index in [-0.39, 0.29) is 11.5 Å². The van der Waals surface area contributed by atoms with Gasteiger partial charge in [0, 0.05) is 14.8 Å². The van der Waals surface area contributed by atoms with E-state index in [4.69, 9.17) is 19.7 Å². The third-order valence-corrected chi connectivity index (χ3v) is 9.90. The van der Waals surface area contributed by atoms with Gasteiger partial charge in [0.15, 0.2) is 4.80 Å². The number of hydrogen-bond donors (Lipinski definition) is 1. The maximum Gasteiger partial charge on any atom is 0.271 e. The molecule has 1 N–H and O–H groups in total. The number of carbonyl (C=O) groups excluding carboxylic acids is 1. The fraction of sp³-hybridized carbons (Fsp3) is 0.111. The maximum absolute atomic E-state index is 14.3. The Hall–Kier alpha value is -4.26. The number of ether oxygens (including phenoxy) is 2. The van der Waals surface area contributed by atoms with Gasteiger partial charge in [0.1, 0.15) is 18.1 Å². The Labute approximate surface area is 302 Å². The number of allylic oxidation sites excluding steroid dienone is 1. The monoisotopic (exact) mass is 864 g/mol. The van der Waals surface area contributed by atoms with E-state index in [1.807, 2.05) is 84.9 Å². The van der Waals surface area contributed by atoms with Crippen molar-refractivity contribution in [2.45, 2.75) is 19.6 Å². The molecule has 5 aromatic rings. The maximum atomic E-state index is 14.3. The first-order valence-corrected chi connectivity index (χ1v) is 17.4. The van der Waals surface area contributed by atoms with E-state index in [1.54, 1.807) is 30.7 Å². The van der Waals surface area contributed by atoms with Crippen molar-refractivity contribution in [3.05, 3.63) is 151 Å². The van der Waals surface area contributed by atoms with Crippen LogP contribution in [0, 0.1) is 18.5 Å². The van der Waals surface area contributed by atoms with Gasteiger partial charge in [0.2, 0.25) is 0 Å². The van der Waals surface area contributed by atoms with Gasteiger partial charge in [-0.2, -0.15) is 5.26 Å². The van der Waals surface area contributed by atoms with Crippen molar-refractivity contribution in [1.82, 2.24) is 4.57 Å². The second-order valence-corrected chi connectivity index (χ2v) is 14.0. The molecule has 0 radical (unpaired) electrons. The molecule has 0 unspecified atom stereocenters. The van der Waals surface area contributed by atoms with Gasteiger partial charge in [0.25, 0.3) is 11.5 Å². The molecule has 0 spiro atoms. The number of halogens is 2. The van der Waals surface area contributed by atoms with Crippen LogP contribution in [0.1, 0.15) is 35.2 Å². The van der Waals surface area contributed by atoms with Crippen LogP contribution >= 0.6 is 56.5 Å². The number of methoxy groups -OCH3 is 1. The van der Waals surface area contributed by atoms with Gasteiger partial charge in [-0.15, -0.1) is 0 Å². The first-order valence-electron chi connectivity index (χ1n) is 14.4. The summed E-state index contributed by atoms with van der Waals surface area (Å²) >= 11 is 5.75. The van der Waals surface area contributed by atoms with Crippen LogP contribution in [-0.4, -0.2) is 17.6 Å². The lowest BCUT2D eigenvalue weighted by molar-refractivity contribution is -0.113. The highest BCUT2D eigenvalue weighted by Gasteiger charge is 2.33. The minimum absolute atomic E-state index is 0.272. The van der Waals surface area contributed by atoms with Gasteiger partial charge >= 0.3 is 0 Å². The third-order valence-electron chi connectivity index (χ3n) is 7.50. The minimum Gasteiger partial charge on any atom is -0.497 e. The molecule has 0 fully saturated rings. The number of fused-ring (bicyclic) bond motifs is 1. The Balaban J connectivity index is 1.46. The molecule has 1 amide bonds. The number of para-hydroxylation sites is 1. The van der Waals surface area contributed by atoms with E-state index in [0.29, 0.717) is 50.0 Å². The van der Waals surface area contributed by atoms with Crippen LogP contribution in [0.5, 0.6) is 11.5 Å². The number of carbonyl (C=O) groups is 1. The molecule has 2 heterocycles. The molecule has 0 saturated carbocycles. The molecule has 0 saturated heterocycles. The average Bonchev–Trinajstić information content (AvgIpc) is 3.37. The summed E-state index contributed by atoms with van der Waals surface area (Å²) in [4.78, 5) is 33.5. The number of rotatable bonds is 8. The summed E-state index contributed by atoms with van der Waals surface area (Å²) in [6.45, 7) is 2.08. The summed E-state index contributed by atoms with van der Waals surface area (Å²) in [7, 11) is 1.58. The van der Waals surface area contributed by atoms with Crippen LogP contribution in [0.15, 0.2) is 112 Å². The Bertz CT molecular complexity index is 2260. The topological polar surface area (TPSA) is 106 Å². The zero-order chi connectivity index (χ0) is 33.1. The number of nitriles is 1. The number of amides is 1. The molecule has 6 rings (SSSR count). The average molecular weight is 865 g/mol. The van der Waals surface area contributed by atoms with Gasteiger partial charge in [-0.3, -0.25) is 14.2 Å². The molecular weight excluding hydrogens is 838 g/mol.